The molecular formula is C21H19FN2O4S2. The summed E-state index contributed by atoms with van der Waals surface area (Å²) >= 11 is 0. The highest BCUT2D eigenvalue weighted by Crippen LogP contribution is 2.25. The van der Waals surface area contributed by atoms with Crippen molar-refractivity contribution in [1.82, 2.24) is 0 Å². The van der Waals surface area contributed by atoms with Gasteiger partial charge >= 0.3 is 0 Å². The van der Waals surface area contributed by atoms with Crippen LogP contribution in [0.15, 0.2) is 87.0 Å². The standard InChI is InChI=1S/C21H19FN2O4S2/c1-15-11-13-17(14-12-15)30(27,28)23-19-10-6-9-18(22)20(19)21(25)24-29(2,26)16-7-4-3-5-8-16/h3-14,23H,1-2H3. The Hall–Kier alpha value is -3.04. The van der Waals surface area contributed by atoms with E-state index in [1.54, 1.807) is 42.5 Å². The summed E-state index contributed by atoms with van der Waals surface area (Å²) in [4.78, 5) is 13.0. The van der Waals surface area contributed by atoms with Gasteiger partial charge in [-0.25, -0.2) is 17.0 Å². The number of sulfonamides is 1. The molecule has 0 heterocycles. The summed E-state index contributed by atoms with van der Waals surface area (Å²) in [6, 6.07) is 17.6. The number of benzene rings is 3. The average Bonchev–Trinajstić information content (AvgIpc) is 2.68. The summed E-state index contributed by atoms with van der Waals surface area (Å²) in [6.45, 7) is 1.81. The van der Waals surface area contributed by atoms with Crippen LogP contribution in [0.1, 0.15) is 15.9 Å². The molecule has 0 aliphatic rings. The van der Waals surface area contributed by atoms with Crippen molar-refractivity contribution in [2.45, 2.75) is 16.7 Å². The van der Waals surface area contributed by atoms with Gasteiger partial charge in [0.1, 0.15) is 11.4 Å². The van der Waals surface area contributed by atoms with Crippen molar-refractivity contribution in [3.8, 4) is 0 Å². The first kappa shape index (κ1) is 21.7. The third-order valence-corrected chi connectivity index (χ3v) is 7.28. The minimum absolute atomic E-state index is 0.0451. The van der Waals surface area contributed by atoms with Crippen molar-refractivity contribution in [3.63, 3.8) is 0 Å². The highest BCUT2D eigenvalue weighted by molar-refractivity contribution is 7.93. The number of carbonyl (C=O) groups is 1. The fraction of sp³-hybridized carbons (Fsp3) is 0.0952. The van der Waals surface area contributed by atoms with Gasteiger partial charge in [-0.05, 0) is 43.3 Å². The average molecular weight is 447 g/mol. The molecule has 6 nitrogen and oxygen atoms in total. The molecule has 0 spiro atoms. The van der Waals surface area contributed by atoms with Crippen molar-refractivity contribution in [2.24, 2.45) is 4.36 Å². The van der Waals surface area contributed by atoms with E-state index in [4.69, 9.17) is 0 Å². The van der Waals surface area contributed by atoms with E-state index in [0.29, 0.717) is 4.90 Å². The van der Waals surface area contributed by atoms with Crippen LogP contribution >= 0.6 is 0 Å². The number of nitrogens with zero attached hydrogens (tertiary/aromatic N) is 1. The maximum absolute atomic E-state index is 14.5. The molecule has 0 aromatic heterocycles. The predicted octanol–water partition coefficient (Wildman–Crippen LogP) is 4.23. The minimum Gasteiger partial charge on any atom is -0.279 e. The molecule has 0 aliphatic carbocycles. The fourth-order valence-corrected chi connectivity index (χ4v) is 4.92. The highest BCUT2D eigenvalue weighted by atomic mass is 32.2. The molecule has 0 bridgehead atoms. The van der Waals surface area contributed by atoms with Crippen LogP contribution in [0, 0.1) is 12.7 Å². The maximum Gasteiger partial charge on any atom is 0.290 e. The van der Waals surface area contributed by atoms with Crippen LogP contribution in [-0.2, 0) is 19.8 Å². The quantitative estimate of drug-likeness (QED) is 0.635. The summed E-state index contributed by atoms with van der Waals surface area (Å²) in [5.74, 6) is -2.10. The molecular weight excluding hydrogens is 427 g/mol. The Labute approximate surface area is 175 Å². The lowest BCUT2D eigenvalue weighted by Gasteiger charge is -2.12. The Bertz CT molecular complexity index is 1310. The maximum atomic E-state index is 14.5. The molecule has 1 atom stereocenters. The molecule has 3 aromatic rings. The normalized spacial score (nSPS) is 13.3. The lowest BCUT2D eigenvalue weighted by molar-refractivity contribution is 0.100. The first-order valence-electron chi connectivity index (χ1n) is 8.80. The number of halogens is 1. The number of aryl methyl sites for hydroxylation is 1. The molecule has 3 rings (SSSR count). The van der Waals surface area contributed by atoms with Gasteiger partial charge in [-0.1, -0.05) is 42.0 Å². The van der Waals surface area contributed by atoms with Gasteiger partial charge in [0.25, 0.3) is 15.9 Å². The van der Waals surface area contributed by atoms with Crippen molar-refractivity contribution in [3.05, 3.63) is 89.7 Å². The van der Waals surface area contributed by atoms with E-state index >= 15 is 0 Å². The molecule has 0 radical (unpaired) electrons. The number of anilines is 1. The number of nitrogens with one attached hydrogen (secondary N) is 1. The molecule has 0 saturated carbocycles. The Kier molecular flexibility index (Phi) is 6.04. The molecule has 156 valence electrons. The van der Waals surface area contributed by atoms with Crippen LogP contribution in [0.25, 0.3) is 0 Å². The van der Waals surface area contributed by atoms with E-state index in [0.717, 1.165) is 11.6 Å². The fourth-order valence-electron chi connectivity index (χ4n) is 2.68. The van der Waals surface area contributed by atoms with Crippen LogP contribution in [0.4, 0.5) is 10.1 Å². The summed E-state index contributed by atoms with van der Waals surface area (Å²) in [5, 5.41) is 0. The summed E-state index contributed by atoms with van der Waals surface area (Å²) in [7, 11) is -7.24. The number of amides is 1. The summed E-state index contributed by atoms with van der Waals surface area (Å²) in [5.41, 5.74) is -0.0146. The minimum atomic E-state index is -4.08. The Morgan fingerprint density at radius 3 is 2.13 bits per heavy atom. The topological polar surface area (TPSA) is 92.7 Å². The van der Waals surface area contributed by atoms with E-state index < -0.39 is 37.0 Å². The van der Waals surface area contributed by atoms with Crippen LogP contribution in [-0.4, -0.2) is 24.8 Å². The van der Waals surface area contributed by atoms with Crippen LogP contribution < -0.4 is 4.72 Å². The Morgan fingerprint density at radius 1 is 0.867 bits per heavy atom. The van der Waals surface area contributed by atoms with Crippen molar-refractivity contribution < 1.29 is 21.8 Å². The van der Waals surface area contributed by atoms with Crippen LogP contribution in [0.2, 0.25) is 0 Å². The van der Waals surface area contributed by atoms with Crippen molar-refractivity contribution in [2.75, 3.05) is 11.0 Å². The van der Waals surface area contributed by atoms with Crippen molar-refractivity contribution in [1.29, 1.82) is 0 Å². The van der Waals surface area contributed by atoms with E-state index in [2.05, 4.69) is 9.08 Å². The van der Waals surface area contributed by atoms with Gasteiger partial charge < -0.3 is 0 Å². The molecule has 0 saturated heterocycles. The number of hydrogen-bond acceptors (Lipinski definition) is 4. The first-order chi connectivity index (χ1) is 14.1. The summed E-state index contributed by atoms with van der Waals surface area (Å²) < 4.78 is 58.7. The zero-order chi connectivity index (χ0) is 21.9. The van der Waals surface area contributed by atoms with Gasteiger partial charge in [-0.15, -0.1) is 0 Å². The van der Waals surface area contributed by atoms with Gasteiger partial charge in [-0.2, -0.15) is 4.36 Å². The van der Waals surface area contributed by atoms with E-state index in [9.17, 15) is 21.8 Å². The zero-order valence-electron chi connectivity index (χ0n) is 16.2. The highest BCUT2D eigenvalue weighted by Gasteiger charge is 2.23. The van der Waals surface area contributed by atoms with Gasteiger partial charge in [-0.3, -0.25) is 9.52 Å². The van der Waals surface area contributed by atoms with E-state index in [1.165, 1.54) is 30.5 Å². The Morgan fingerprint density at radius 2 is 1.50 bits per heavy atom. The third-order valence-electron chi connectivity index (χ3n) is 4.24. The number of rotatable bonds is 5. The molecule has 1 unspecified atom stereocenters. The largest absolute Gasteiger partial charge is 0.290 e. The Balaban J connectivity index is 2.03. The molecule has 0 fully saturated rings. The SMILES string of the molecule is Cc1ccc(S(=O)(=O)Nc2cccc(F)c2C(=O)N=S(C)(=O)c2ccccc2)cc1. The van der Waals surface area contributed by atoms with E-state index in [-0.39, 0.29) is 10.6 Å². The third kappa shape index (κ3) is 4.74. The second kappa shape index (κ2) is 8.37. The molecule has 1 amide bonds. The van der Waals surface area contributed by atoms with Crippen molar-refractivity contribution >= 4 is 31.3 Å². The number of hydrogen-bond donors (Lipinski definition) is 1. The zero-order valence-corrected chi connectivity index (χ0v) is 17.8. The smallest absolute Gasteiger partial charge is 0.279 e. The van der Waals surface area contributed by atoms with E-state index in [1.807, 2.05) is 6.92 Å². The van der Waals surface area contributed by atoms with Gasteiger partial charge in [0.2, 0.25) is 0 Å². The van der Waals surface area contributed by atoms with Gasteiger partial charge in [0.15, 0.2) is 0 Å². The lowest BCUT2D eigenvalue weighted by atomic mass is 10.1. The number of carbonyl (C=O) groups excluding carboxylic acids is 1. The summed E-state index contributed by atoms with van der Waals surface area (Å²) in [6.07, 6.45) is 1.26. The van der Waals surface area contributed by atoms with Crippen LogP contribution in [0.3, 0.4) is 0 Å². The molecule has 30 heavy (non-hydrogen) atoms. The molecule has 0 aliphatic heterocycles. The van der Waals surface area contributed by atoms with Crippen LogP contribution in [0.5, 0.6) is 0 Å². The monoisotopic (exact) mass is 446 g/mol. The van der Waals surface area contributed by atoms with Gasteiger partial charge in [0, 0.05) is 11.2 Å². The van der Waals surface area contributed by atoms with Gasteiger partial charge in [0.05, 0.1) is 20.3 Å². The second-order valence-electron chi connectivity index (χ2n) is 6.59. The second-order valence-corrected chi connectivity index (χ2v) is 10.5. The molecule has 9 heteroatoms. The predicted molar refractivity (Wildman–Crippen MR) is 114 cm³/mol. The molecule has 3 aromatic carbocycles. The lowest BCUT2D eigenvalue weighted by Crippen LogP contribution is -2.16. The first-order valence-corrected chi connectivity index (χ1v) is 12.2. The molecule has 1 N–H and O–H groups in total.